The monoisotopic (exact) mass is 234 g/mol. The Kier molecular flexibility index (Phi) is 3.02. The fourth-order valence-electron chi connectivity index (χ4n) is 2.72. The molecule has 1 fully saturated rings. The molecule has 3 nitrogen and oxygen atoms in total. The first-order valence-electron chi connectivity index (χ1n) is 6.42. The van der Waals surface area contributed by atoms with Gasteiger partial charge in [0, 0.05) is 28.9 Å². The summed E-state index contributed by atoms with van der Waals surface area (Å²) in [6.45, 7) is 6.39. The molecule has 0 aliphatic heterocycles. The summed E-state index contributed by atoms with van der Waals surface area (Å²) in [5.41, 5.74) is 7.47. The normalized spacial score (nSPS) is 17.6. The van der Waals surface area contributed by atoms with Crippen molar-refractivity contribution in [3.63, 3.8) is 0 Å². The number of anilines is 1. The van der Waals surface area contributed by atoms with Crippen LogP contribution in [0.4, 0.5) is 5.69 Å². The number of hydrogen-bond donors (Lipinski definition) is 1. The van der Waals surface area contributed by atoms with Gasteiger partial charge < -0.3 is 10.3 Å². The van der Waals surface area contributed by atoms with E-state index in [0.717, 1.165) is 18.5 Å². The zero-order chi connectivity index (χ0) is 12.6. The minimum atomic E-state index is -0.0445. The van der Waals surface area contributed by atoms with Gasteiger partial charge in [-0.05, 0) is 18.9 Å². The molecule has 2 N–H and O–H groups in total. The zero-order valence-corrected chi connectivity index (χ0v) is 11.0. The van der Waals surface area contributed by atoms with Gasteiger partial charge in [-0.15, -0.1) is 0 Å². The summed E-state index contributed by atoms with van der Waals surface area (Å²) in [7, 11) is 0. The molecule has 3 heteroatoms. The molecular weight excluding hydrogens is 212 g/mol. The lowest BCUT2D eigenvalue weighted by molar-refractivity contribution is 0.432. The smallest absolute Gasteiger partial charge is 0.253 e. The summed E-state index contributed by atoms with van der Waals surface area (Å²) < 4.78 is 1.98. The summed E-state index contributed by atoms with van der Waals surface area (Å²) in [4.78, 5) is 12.2. The number of pyridine rings is 1. The van der Waals surface area contributed by atoms with Crippen LogP contribution in [0.15, 0.2) is 16.9 Å². The first-order valence-corrected chi connectivity index (χ1v) is 6.42. The standard InChI is InChI=1S/C14H22N2O/c1-14(2,3)12-8-10(15)9-13(17)16(12)11-6-4-5-7-11/h8-9,11H,4-7,15H2,1-3H3. The van der Waals surface area contributed by atoms with E-state index in [1.54, 1.807) is 6.07 Å². The fraction of sp³-hybridized carbons (Fsp3) is 0.643. The molecule has 1 saturated carbocycles. The Balaban J connectivity index is 2.59. The average molecular weight is 234 g/mol. The van der Waals surface area contributed by atoms with Gasteiger partial charge >= 0.3 is 0 Å². The molecule has 0 atom stereocenters. The van der Waals surface area contributed by atoms with Gasteiger partial charge in [0.05, 0.1) is 0 Å². The van der Waals surface area contributed by atoms with Gasteiger partial charge in [-0.25, -0.2) is 0 Å². The third-order valence-electron chi connectivity index (χ3n) is 3.55. The van der Waals surface area contributed by atoms with Gasteiger partial charge in [0.15, 0.2) is 0 Å². The van der Waals surface area contributed by atoms with Gasteiger partial charge in [0.25, 0.3) is 5.56 Å². The van der Waals surface area contributed by atoms with Crippen molar-refractivity contribution in [1.29, 1.82) is 0 Å². The zero-order valence-electron chi connectivity index (χ0n) is 11.0. The highest BCUT2D eigenvalue weighted by molar-refractivity contribution is 5.40. The van der Waals surface area contributed by atoms with E-state index < -0.39 is 0 Å². The second kappa shape index (κ2) is 4.21. The number of nitrogens with two attached hydrogens (primary N) is 1. The second-order valence-electron chi connectivity index (χ2n) is 6.07. The third-order valence-corrected chi connectivity index (χ3v) is 3.55. The first kappa shape index (κ1) is 12.2. The SMILES string of the molecule is CC(C)(C)c1cc(N)cc(=O)n1C1CCCC1. The molecule has 1 heterocycles. The highest BCUT2D eigenvalue weighted by atomic mass is 16.1. The molecule has 0 unspecified atom stereocenters. The number of rotatable bonds is 1. The van der Waals surface area contributed by atoms with Crippen molar-refractivity contribution in [3.05, 3.63) is 28.2 Å². The van der Waals surface area contributed by atoms with Crippen LogP contribution >= 0.6 is 0 Å². The predicted molar refractivity (Wildman–Crippen MR) is 71.3 cm³/mol. The molecule has 0 amide bonds. The molecule has 94 valence electrons. The van der Waals surface area contributed by atoms with Crippen LogP contribution in [0.5, 0.6) is 0 Å². The van der Waals surface area contributed by atoms with Crippen LogP contribution in [0.25, 0.3) is 0 Å². The first-order chi connectivity index (χ1) is 7.89. The van der Waals surface area contributed by atoms with Gasteiger partial charge in [0.2, 0.25) is 0 Å². The van der Waals surface area contributed by atoms with Crippen molar-refractivity contribution in [2.75, 3.05) is 5.73 Å². The summed E-state index contributed by atoms with van der Waals surface area (Å²) in [5, 5.41) is 0. The maximum atomic E-state index is 12.2. The number of hydrogen-bond acceptors (Lipinski definition) is 2. The maximum Gasteiger partial charge on any atom is 0.253 e. The molecule has 0 bridgehead atoms. The van der Waals surface area contributed by atoms with Crippen molar-refractivity contribution < 1.29 is 0 Å². The van der Waals surface area contributed by atoms with E-state index in [9.17, 15) is 4.79 Å². The van der Waals surface area contributed by atoms with Crippen molar-refractivity contribution in [2.24, 2.45) is 0 Å². The summed E-state index contributed by atoms with van der Waals surface area (Å²) in [5.74, 6) is 0. The van der Waals surface area contributed by atoms with E-state index >= 15 is 0 Å². The number of nitrogens with zero attached hydrogens (tertiary/aromatic N) is 1. The quantitative estimate of drug-likeness (QED) is 0.812. The molecule has 0 saturated heterocycles. The Hall–Kier alpha value is -1.25. The van der Waals surface area contributed by atoms with E-state index in [1.165, 1.54) is 12.8 Å². The molecular formula is C14H22N2O. The maximum absolute atomic E-state index is 12.2. The topological polar surface area (TPSA) is 48.0 Å². The second-order valence-corrected chi connectivity index (χ2v) is 6.07. The Morgan fingerprint density at radius 1 is 1.24 bits per heavy atom. The molecule has 1 aromatic rings. The minimum absolute atomic E-state index is 0.0445. The van der Waals surface area contributed by atoms with Crippen LogP contribution in [0.2, 0.25) is 0 Å². The largest absolute Gasteiger partial charge is 0.399 e. The Labute approximate surface area is 103 Å². The van der Waals surface area contributed by atoms with Crippen molar-refractivity contribution in [1.82, 2.24) is 4.57 Å². The molecule has 1 aliphatic rings. The fourth-order valence-corrected chi connectivity index (χ4v) is 2.72. The number of aromatic nitrogens is 1. The molecule has 0 aromatic carbocycles. The van der Waals surface area contributed by atoms with Crippen LogP contribution in [-0.2, 0) is 5.41 Å². The van der Waals surface area contributed by atoms with Crippen molar-refractivity contribution in [3.8, 4) is 0 Å². The van der Waals surface area contributed by atoms with E-state index in [-0.39, 0.29) is 11.0 Å². The van der Waals surface area contributed by atoms with Gasteiger partial charge in [-0.3, -0.25) is 4.79 Å². The molecule has 0 spiro atoms. The highest BCUT2D eigenvalue weighted by Gasteiger charge is 2.25. The lowest BCUT2D eigenvalue weighted by Gasteiger charge is -2.27. The van der Waals surface area contributed by atoms with Crippen LogP contribution in [0, 0.1) is 0 Å². The van der Waals surface area contributed by atoms with E-state index in [1.807, 2.05) is 10.6 Å². The Bertz CT molecular complexity index is 462. The minimum Gasteiger partial charge on any atom is -0.399 e. The Morgan fingerprint density at radius 3 is 2.35 bits per heavy atom. The van der Waals surface area contributed by atoms with Crippen molar-refractivity contribution >= 4 is 5.69 Å². The predicted octanol–water partition coefficient (Wildman–Crippen LogP) is 2.84. The molecule has 1 aliphatic carbocycles. The van der Waals surface area contributed by atoms with Crippen LogP contribution < -0.4 is 11.3 Å². The Morgan fingerprint density at radius 2 is 1.82 bits per heavy atom. The molecule has 2 rings (SSSR count). The van der Waals surface area contributed by atoms with Gasteiger partial charge in [-0.2, -0.15) is 0 Å². The summed E-state index contributed by atoms with van der Waals surface area (Å²) >= 11 is 0. The lowest BCUT2D eigenvalue weighted by atomic mass is 9.90. The number of nitrogen functional groups attached to an aromatic ring is 1. The van der Waals surface area contributed by atoms with Crippen LogP contribution in [0.3, 0.4) is 0 Å². The molecule has 17 heavy (non-hydrogen) atoms. The van der Waals surface area contributed by atoms with E-state index in [4.69, 9.17) is 5.73 Å². The lowest BCUT2D eigenvalue weighted by Crippen LogP contribution is -2.31. The van der Waals surface area contributed by atoms with Gasteiger partial charge in [0.1, 0.15) is 0 Å². The third kappa shape index (κ3) is 2.38. The molecule has 0 radical (unpaired) electrons. The van der Waals surface area contributed by atoms with Crippen LogP contribution in [-0.4, -0.2) is 4.57 Å². The van der Waals surface area contributed by atoms with Gasteiger partial charge in [-0.1, -0.05) is 33.6 Å². The van der Waals surface area contributed by atoms with E-state index in [0.29, 0.717) is 11.7 Å². The molecule has 1 aromatic heterocycles. The van der Waals surface area contributed by atoms with E-state index in [2.05, 4.69) is 20.8 Å². The van der Waals surface area contributed by atoms with Crippen molar-refractivity contribution in [2.45, 2.75) is 57.9 Å². The summed E-state index contributed by atoms with van der Waals surface area (Å²) in [6.07, 6.45) is 4.69. The average Bonchev–Trinajstić information content (AvgIpc) is 2.67. The summed E-state index contributed by atoms with van der Waals surface area (Å²) in [6, 6.07) is 3.88. The highest BCUT2D eigenvalue weighted by Crippen LogP contribution is 2.33. The van der Waals surface area contributed by atoms with Crippen LogP contribution in [0.1, 0.15) is 58.2 Å².